The Morgan fingerprint density at radius 1 is 1.15 bits per heavy atom. The molecule has 0 heterocycles. The summed E-state index contributed by atoms with van der Waals surface area (Å²) in [4.78, 5) is 12.3. The average molecular weight is 356 g/mol. The molecule has 3 unspecified atom stereocenters. The van der Waals surface area contributed by atoms with Gasteiger partial charge in [0.2, 0.25) is 0 Å². The first-order chi connectivity index (χ1) is 12.7. The molecule has 0 radical (unpaired) electrons. The van der Waals surface area contributed by atoms with Gasteiger partial charge in [0.15, 0.2) is 5.92 Å². The van der Waals surface area contributed by atoms with E-state index in [0.717, 1.165) is 31.1 Å². The van der Waals surface area contributed by atoms with Crippen molar-refractivity contribution in [2.24, 2.45) is 11.8 Å². The molecule has 0 N–H and O–H groups in total. The van der Waals surface area contributed by atoms with Crippen LogP contribution in [0.2, 0.25) is 0 Å². The molecule has 0 amide bonds. The summed E-state index contributed by atoms with van der Waals surface area (Å²) < 4.78 is 4.96. The van der Waals surface area contributed by atoms with Crippen LogP contribution in [0.15, 0.2) is 43.2 Å². The largest absolute Gasteiger partial charge is 0.434 e. The van der Waals surface area contributed by atoms with Gasteiger partial charge in [0.05, 0.1) is 12.3 Å². The molecule has 26 heavy (non-hydrogen) atoms. The van der Waals surface area contributed by atoms with Gasteiger partial charge in [-0.3, -0.25) is 4.79 Å². The summed E-state index contributed by atoms with van der Waals surface area (Å²) in [7, 11) is 0. The number of nitrogens with zero attached hydrogens (tertiary/aromatic N) is 1. The zero-order valence-corrected chi connectivity index (χ0v) is 16.3. The third-order valence-corrected chi connectivity index (χ3v) is 5.10. The zero-order valence-electron chi connectivity index (χ0n) is 16.3. The van der Waals surface area contributed by atoms with Crippen LogP contribution in [0, 0.1) is 23.2 Å². The van der Waals surface area contributed by atoms with Gasteiger partial charge in [-0.15, -0.1) is 0 Å². The van der Waals surface area contributed by atoms with Gasteiger partial charge in [0, 0.05) is 5.92 Å². The second-order valence-electron chi connectivity index (χ2n) is 6.87. The highest BCUT2D eigenvalue weighted by atomic mass is 16.5. The minimum Gasteiger partial charge on any atom is -0.434 e. The first-order valence-corrected chi connectivity index (χ1v) is 9.95. The molecule has 0 aliphatic rings. The monoisotopic (exact) mass is 355 g/mol. The highest BCUT2D eigenvalue weighted by molar-refractivity contribution is 5.77. The van der Waals surface area contributed by atoms with Crippen LogP contribution in [0.25, 0.3) is 0 Å². The number of esters is 1. The third-order valence-electron chi connectivity index (χ3n) is 5.10. The zero-order chi connectivity index (χ0) is 19.2. The lowest BCUT2D eigenvalue weighted by Crippen LogP contribution is -2.28. The summed E-state index contributed by atoms with van der Waals surface area (Å²) in [5, 5.41) is 9.68. The highest BCUT2D eigenvalue weighted by Crippen LogP contribution is 2.38. The molecule has 0 aromatic heterocycles. The third kappa shape index (κ3) is 7.04. The molecule has 0 spiro atoms. The molecule has 0 aliphatic carbocycles. The van der Waals surface area contributed by atoms with Crippen molar-refractivity contribution in [3.05, 3.63) is 48.7 Å². The number of carbonyl (C=O) groups is 1. The molecule has 0 fully saturated rings. The van der Waals surface area contributed by atoms with Gasteiger partial charge in [-0.05, 0) is 17.9 Å². The Kier molecular flexibility index (Phi) is 11.1. The molecule has 142 valence electrons. The number of ether oxygens (including phenoxy) is 1. The summed E-state index contributed by atoms with van der Waals surface area (Å²) in [6.07, 6.45) is 10.5. The molecule has 3 nitrogen and oxygen atoms in total. The number of benzene rings is 1. The summed E-state index contributed by atoms with van der Waals surface area (Å²) >= 11 is 0. The van der Waals surface area contributed by atoms with Crippen molar-refractivity contribution < 1.29 is 9.53 Å². The lowest BCUT2D eigenvalue weighted by atomic mass is 9.74. The van der Waals surface area contributed by atoms with Crippen molar-refractivity contribution in [2.45, 2.75) is 71.1 Å². The molecule has 1 rings (SSSR count). The van der Waals surface area contributed by atoms with E-state index in [2.05, 4.69) is 26.5 Å². The quantitative estimate of drug-likeness (QED) is 0.234. The van der Waals surface area contributed by atoms with E-state index in [9.17, 15) is 10.1 Å². The molecule has 3 atom stereocenters. The van der Waals surface area contributed by atoms with Crippen LogP contribution in [0.4, 0.5) is 0 Å². The summed E-state index contributed by atoms with van der Waals surface area (Å²) in [6, 6.07) is 12.1. The summed E-state index contributed by atoms with van der Waals surface area (Å²) in [6.45, 7) is 7.82. The van der Waals surface area contributed by atoms with E-state index in [1.54, 1.807) is 0 Å². The molecule has 0 bridgehead atoms. The maximum absolute atomic E-state index is 12.3. The Balaban J connectivity index is 2.89. The Labute approximate surface area is 159 Å². The van der Waals surface area contributed by atoms with E-state index >= 15 is 0 Å². The van der Waals surface area contributed by atoms with Gasteiger partial charge in [-0.2, -0.15) is 5.26 Å². The van der Waals surface area contributed by atoms with Gasteiger partial charge < -0.3 is 4.74 Å². The molecular weight excluding hydrogens is 322 g/mol. The van der Waals surface area contributed by atoms with Gasteiger partial charge in [-0.1, -0.05) is 95.7 Å². The van der Waals surface area contributed by atoms with Crippen LogP contribution >= 0.6 is 0 Å². The lowest BCUT2D eigenvalue weighted by Gasteiger charge is -2.29. The number of unbranched alkanes of at least 4 members (excludes halogenated alkanes) is 5. The molecule has 0 aliphatic heterocycles. The number of rotatable bonds is 13. The molecule has 3 heteroatoms. The van der Waals surface area contributed by atoms with Gasteiger partial charge in [0.1, 0.15) is 0 Å². The topological polar surface area (TPSA) is 50.1 Å². The SMILES string of the molecule is C=COC(=O)C(C#N)C(c1ccccc1)C(CC)CCCCCCCC. The van der Waals surface area contributed by atoms with E-state index in [-0.39, 0.29) is 11.8 Å². The fourth-order valence-electron chi connectivity index (χ4n) is 3.67. The molecule has 0 saturated carbocycles. The predicted octanol–water partition coefficient (Wildman–Crippen LogP) is 6.37. The smallest absolute Gasteiger partial charge is 0.328 e. The van der Waals surface area contributed by atoms with Gasteiger partial charge in [0.25, 0.3) is 0 Å². The van der Waals surface area contributed by atoms with E-state index in [1.165, 1.54) is 32.1 Å². The van der Waals surface area contributed by atoms with Crippen LogP contribution in [0.1, 0.15) is 76.7 Å². The van der Waals surface area contributed by atoms with E-state index < -0.39 is 11.9 Å². The molecular formula is C23H33NO2. The van der Waals surface area contributed by atoms with Crippen LogP contribution < -0.4 is 0 Å². The average Bonchev–Trinajstić information content (AvgIpc) is 2.67. The van der Waals surface area contributed by atoms with Crippen molar-refractivity contribution in [1.29, 1.82) is 5.26 Å². The van der Waals surface area contributed by atoms with Crippen molar-refractivity contribution in [3.8, 4) is 6.07 Å². The standard InChI is InChI=1S/C23H33NO2/c1-4-7-8-9-10-12-15-19(5-2)22(20-16-13-11-14-17-20)21(18-24)23(25)26-6-3/h6,11,13-14,16-17,19,21-22H,3-5,7-10,12,15H2,1-2H3. The van der Waals surface area contributed by atoms with Crippen LogP contribution in [-0.2, 0) is 9.53 Å². The summed E-state index contributed by atoms with van der Waals surface area (Å²) in [5.74, 6) is -1.17. The number of hydrogen-bond acceptors (Lipinski definition) is 3. The van der Waals surface area contributed by atoms with Crippen molar-refractivity contribution in [1.82, 2.24) is 0 Å². The maximum atomic E-state index is 12.3. The number of hydrogen-bond donors (Lipinski definition) is 0. The van der Waals surface area contributed by atoms with Crippen LogP contribution in [0.5, 0.6) is 0 Å². The van der Waals surface area contributed by atoms with E-state index in [1.807, 2.05) is 30.3 Å². The number of carbonyl (C=O) groups excluding carboxylic acids is 1. The fourth-order valence-corrected chi connectivity index (χ4v) is 3.67. The lowest BCUT2D eigenvalue weighted by molar-refractivity contribution is -0.142. The normalized spacial score (nSPS) is 14.0. The Morgan fingerprint density at radius 2 is 1.81 bits per heavy atom. The number of nitriles is 1. The minimum absolute atomic E-state index is 0.144. The molecule has 1 aromatic carbocycles. The Bertz CT molecular complexity index is 561. The van der Waals surface area contributed by atoms with Crippen molar-refractivity contribution in [3.63, 3.8) is 0 Å². The highest BCUT2D eigenvalue weighted by Gasteiger charge is 2.35. The van der Waals surface area contributed by atoms with E-state index in [0.29, 0.717) is 0 Å². The molecule has 1 aromatic rings. The maximum Gasteiger partial charge on any atom is 0.328 e. The second kappa shape index (κ2) is 13.2. The van der Waals surface area contributed by atoms with E-state index in [4.69, 9.17) is 4.74 Å². The van der Waals surface area contributed by atoms with Gasteiger partial charge >= 0.3 is 5.97 Å². The predicted molar refractivity (Wildman–Crippen MR) is 106 cm³/mol. The van der Waals surface area contributed by atoms with Crippen molar-refractivity contribution >= 4 is 5.97 Å². The van der Waals surface area contributed by atoms with Crippen LogP contribution in [0.3, 0.4) is 0 Å². The van der Waals surface area contributed by atoms with Crippen LogP contribution in [-0.4, -0.2) is 5.97 Å². The Hall–Kier alpha value is -2.08. The van der Waals surface area contributed by atoms with Crippen molar-refractivity contribution in [2.75, 3.05) is 0 Å². The summed E-state index contributed by atoms with van der Waals surface area (Å²) in [5.41, 5.74) is 1.04. The molecule has 0 saturated heterocycles. The minimum atomic E-state index is -0.805. The Morgan fingerprint density at radius 3 is 2.38 bits per heavy atom. The first-order valence-electron chi connectivity index (χ1n) is 9.95. The van der Waals surface area contributed by atoms with Gasteiger partial charge in [-0.25, -0.2) is 0 Å². The second-order valence-corrected chi connectivity index (χ2v) is 6.87. The first kappa shape index (κ1) is 22.0. The fraction of sp³-hybridized carbons (Fsp3) is 0.565.